The predicted octanol–water partition coefficient (Wildman–Crippen LogP) is 10.6. The Kier molecular flexibility index (Phi) is 10.6. The number of phenols is 7. The van der Waals surface area contributed by atoms with E-state index in [4.69, 9.17) is 0 Å². The number of hydrogen-bond donors (Lipinski definition) is 7. The molecule has 0 fully saturated rings. The summed E-state index contributed by atoms with van der Waals surface area (Å²) in [5.41, 5.74) is 6.69. The quantitative estimate of drug-likeness (QED) is 0.0825. The summed E-state index contributed by atoms with van der Waals surface area (Å²) in [6.07, 6.45) is 3.32. The van der Waals surface area contributed by atoms with E-state index in [1.807, 2.05) is 80.6 Å². The summed E-state index contributed by atoms with van der Waals surface area (Å²) in [5, 5.41) is 80.5. The zero-order chi connectivity index (χ0) is 38.8. The molecule has 7 N–H and O–H groups in total. The van der Waals surface area contributed by atoms with E-state index < -0.39 is 23.7 Å². The van der Waals surface area contributed by atoms with E-state index in [9.17, 15) is 35.7 Å². The molecule has 1 aliphatic carbocycles. The number of hydrogen-bond acceptors (Lipinski definition) is 7. The fourth-order valence-corrected chi connectivity index (χ4v) is 8.68. The molecule has 55 heavy (non-hydrogen) atoms. The van der Waals surface area contributed by atoms with Crippen LogP contribution in [-0.2, 0) is 12.8 Å². The van der Waals surface area contributed by atoms with E-state index in [-0.39, 0.29) is 40.2 Å². The Balaban J connectivity index is 1.52. The number of aryl methyl sites for hydroxylation is 2. The minimum Gasteiger partial charge on any atom is -0.508 e. The topological polar surface area (TPSA) is 142 Å². The van der Waals surface area contributed by atoms with Crippen LogP contribution in [0.4, 0.5) is 0 Å². The normalized spacial score (nSPS) is 17.9. The van der Waals surface area contributed by atoms with Gasteiger partial charge in [0, 0.05) is 80.8 Å². The second kappa shape index (κ2) is 15.7. The first-order chi connectivity index (χ1) is 26.6. The Morgan fingerprint density at radius 3 is 1.09 bits per heavy atom. The zero-order valence-corrected chi connectivity index (χ0v) is 31.2. The maximum Gasteiger partial charge on any atom is 0.123 e. The van der Waals surface area contributed by atoms with Crippen molar-refractivity contribution in [1.29, 1.82) is 0 Å². The highest BCUT2D eigenvalue weighted by Crippen LogP contribution is 2.50. The van der Waals surface area contributed by atoms with Crippen molar-refractivity contribution in [2.45, 2.75) is 76.0 Å². The summed E-state index contributed by atoms with van der Waals surface area (Å²) in [5.74, 6) is -2.70. The third-order valence-corrected chi connectivity index (χ3v) is 11.6. The molecule has 0 saturated heterocycles. The molecule has 0 spiro atoms. The molecule has 1 aliphatic rings. The maximum atomic E-state index is 11.7. The molecule has 0 radical (unpaired) electrons. The van der Waals surface area contributed by atoms with Gasteiger partial charge in [0.25, 0.3) is 0 Å². The van der Waals surface area contributed by atoms with E-state index >= 15 is 0 Å². The monoisotopic (exact) mass is 736 g/mol. The van der Waals surface area contributed by atoms with Crippen LogP contribution in [0, 0.1) is 0 Å². The molecule has 6 aromatic rings. The van der Waals surface area contributed by atoms with Crippen molar-refractivity contribution in [3.8, 4) is 40.2 Å². The molecule has 8 bridgehead atoms. The van der Waals surface area contributed by atoms with Crippen molar-refractivity contribution in [3.05, 3.63) is 171 Å². The molecule has 0 saturated carbocycles. The van der Waals surface area contributed by atoms with Crippen LogP contribution in [0.2, 0.25) is 0 Å². The molecule has 7 nitrogen and oxygen atoms in total. The Morgan fingerprint density at radius 2 is 0.691 bits per heavy atom. The summed E-state index contributed by atoms with van der Waals surface area (Å²) in [7, 11) is 0. The van der Waals surface area contributed by atoms with Gasteiger partial charge < -0.3 is 35.7 Å². The minimum atomic E-state index is -0.551. The van der Waals surface area contributed by atoms with Gasteiger partial charge in [-0.05, 0) is 79.5 Å². The fourth-order valence-electron chi connectivity index (χ4n) is 8.68. The third-order valence-electron chi connectivity index (χ3n) is 11.6. The average molecular weight is 737 g/mol. The third kappa shape index (κ3) is 7.39. The van der Waals surface area contributed by atoms with E-state index in [0.717, 1.165) is 16.7 Å². The molecule has 6 aromatic carbocycles. The lowest BCUT2D eigenvalue weighted by Gasteiger charge is -2.28. The highest BCUT2D eigenvalue weighted by atomic mass is 16.3. The summed E-state index contributed by atoms with van der Waals surface area (Å²) >= 11 is 0. The molecule has 0 heterocycles. The summed E-state index contributed by atoms with van der Waals surface area (Å²) in [4.78, 5) is 0. The van der Waals surface area contributed by atoms with Gasteiger partial charge in [0.1, 0.15) is 40.2 Å². The van der Waals surface area contributed by atoms with E-state index in [0.29, 0.717) is 77.5 Å². The molecule has 282 valence electrons. The van der Waals surface area contributed by atoms with Crippen LogP contribution in [0.25, 0.3) is 0 Å². The van der Waals surface area contributed by atoms with Gasteiger partial charge in [0.05, 0.1) is 0 Å². The highest BCUT2D eigenvalue weighted by molar-refractivity contribution is 5.60. The lowest BCUT2D eigenvalue weighted by Crippen LogP contribution is -2.11. The first-order valence-corrected chi connectivity index (χ1v) is 19.2. The van der Waals surface area contributed by atoms with Crippen LogP contribution < -0.4 is 0 Å². The van der Waals surface area contributed by atoms with Crippen LogP contribution in [-0.4, -0.2) is 35.7 Å². The molecule has 0 amide bonds. The van der Waals surface area contributed by atoms with E-state index in [1.54, 1.807) is 18.2 Å². The van der Waals surface area contributed by atoms with Crippen LogP contribution in [0.15, 0.2) is 115 Å². The average Bonchev–Trinajstić information content (AvgIpc) is 3.17. The molecular formula is C48H48O7. The van der Waals surface area contributed by atoms with Gasteiger partial charge in [-0.25, -0.2) is 0 Å². The minimum absolute atomic E-state index is 0.0493. The van der Waals surface area contributed by atoms with Gasteiger partial charge in [0.2, 0.25) is 0 Å². The number of aromatic hydroxyl groups is 7. The van der Waals surface area contributed by atoms with Gasteiger partial charge in [-0.15, -0.1) is 0 Å². The van der Waals surface area contributed by atoms with Crippen molar-refractivity contribution >= 4 is 0 Å². The molecule has 7 rings (SSSR count). The highest BCUT2D eigenvalue weighted by Gasteiger charge is 2.31. The Hall–Kier alpha value is -6.08. The van der Waals surface area contributed by atoms with Crippen molar-refractivity contribution < 1.29 is 35.7 Å². The van der Waals surface area contributed by atoms with Crippen molar-refractivity contribution in [1.82, 2.24) is 0 Å². The molecule has 4 atom stereocenters. The first-order valence-electron chi connectivity index (χ1n) is 19.2. The van der Waals surface area contributed by atoms with Crippen LogP contribution in [0.1, 0.15) is 119 Å². The van der Waals surface area contributed by atoms with Gasteiger partial charge in [-0.2, -0.15) is 0 Å². The molecule has 4 unspecified atom stereocenters. The molecule has 0 aromatic heterocycles. The Bertz CT molecular complexity index is 2300. The Morgan fingerprint density at radius 1 is 0.345 bits per heavy atom. The standard InChI is InChI=1S/C48H48O7/c1-3-31-36-22-37(44(51)25-43(36)50)32(4-2)39-24-41(48(55)27-46(39)53)34(19-16-29-13-9-6-10-14-29)35-21-30(17-20-42(35)49)33(18-15-28-11-7-5-8-12-28)40-23-38(31)45(52)26-47(40)54/h5-14,17,20-27,31-34,49-55H,3-4,15-16,18-19H2,1-2H3. The van der Waals surface area contributed by atoms with Crippen molar-refractivity contribution in [2.75, 3.05) is 0 Å². The lowest BCUT2D eigenvalue weighted by molar-refractivity contribution is 0.426. The molecular weight excluding hydrogens is 689 g/mol. The first kappa shape index (κ1) is 37.2. The number of rotatable bonds is 8. The summed E-state index contributed by atoms with van der Waals surface area (Å²) in [6, 6.07) is 34.9. The van der Waals surface area contributed by atoms with E-state index in [1.165, 1.54) is 18.2 Å². The lowest BCUT2D eigenvalue weighted by atomic mass is 9.77. The predicted molar refractivity (Wildman–Crippen MR) is 215 cm³/mol. The van der Waals surface area contributed by atoms with Crippen molar-refractivity contribution in [2.24, 2.45) is 0 Å². The van der Waals surface area contributed by atoms with Gasteiger partial charge in [-0.1, -0.05) is 86.6 Å². The van der Waals surface area contributed by atoms with Crippen LogP contribution in [0.3, 0.4) is 0 Å². The molecule has 7 heteroatoms. The second-order valence-corrected chi connectivity index (χ2v) is 14.8. The maximum absolute atomic E-state index is 11.7. The second-order valence-electron chi connectivity index (χ2n) is 14.8. The van der Waals surface area contributed by atoms with Crippen molar-refractivity contribution in [3.63, 3.8) is 0 Å². The van der Waals surface area contributed by atoms with Gasteiger partial charge >= 0.3 is 0 Å². The van der Waals surface area contributed by atoms with Gasteiger partial charge in [0.15, 0.2) is 0 Å². The largest absolute Gasteiger partial charge is 0.508 e. The number of phenolic OH excluding ortho intramolecular Hbond substituents is 7. The smallest absolute Gasteiger partial charge is 0.123 e. The van der Waals surface area contributed by atoms with Gasteiger partial charge in [-0.3, -0.25) is 0 Å². The van der Waals surface area contributed by atoms with E-state index in [2.05, 4.69) is 12.1 Å². The summed E-state index contributed by atoms with van der Waals surface area (Å²) < 4.78 is 0. The fraction of sp³-hybridized carbons (Fsp3) is 0.250. The van der Waals surface area contributed by atoms with Crippen LogP contribution in [0.5, 0.6) is 40.2 Å². The number of benzene rings is 6. The Labute approximate surface area is 322 Å². The number of fused-ring (bicyclic) bond motifs is 8. The molecule has 0 aliphatic heterocycles. The SMILES string of the molecule is CCC1c2cc(c(O)cc2O)C(CCc2ccccc2)c2ccc(O)c(c2)C(CCc2ccccc2)c2cc(c(O)cc2O)C(CC)c2cc1c(O)cc2O. The zero-order valence-electron chi connectivity index (χ0n) is 31.2. The van der Waals surface area contributed by atoms with Crippen LogP contribution >= 0.6 is 0 Å². The summed E-state index contributed by atoms with van der Waals surface area (Å²) in [6.45, 7) is 3.89.